The fourth-order valence-corrected chi connectivity index (χ4v) is 3.88. The van der Waals surface area contributed by atoms with Crippen molar-refractivity contribution in [3.8, 4) is 0 Å². The van der Waals surface area contributed by atoms with Crippen molar-refractivity contribution in [2.75, 3.05) is 17.1 Å². The number of pyridine rings is 1. The van der Waals surface area contributed by atoms with Crippen LogP contribution in [0, 0.1) is 13.8 Å². The summed E-state index contributed by atoms with van der Waals surface area (Å²) < 4.78 is 28.5. The van der Waals surface area contributed by atoms with E-state index in [1.165, 1.54) is 18.3 Å². The highest BCUT2D eigenvalue weighted by Gasteiger charge is 2.17. The molecule has 2 rings (SSSR count). The monoisotopic (exact) mass is 369 g/mol. The molecule has 0 atom stereocenters. The van der Waals surface area contributed by atoms with Crippen molar-refractivity contribution < 1.29 is 8.42 Å². The van der Waals surface area contributed by atoms with E-state index < -0.39 is 10.0 Å². The summed E-state index contributed by atoms with van der Waals surface area (Å²) in [4.78, 5) is 4.19. The Morgan fingerprint density at radius 3 is 2.33 bits per heavy atom. The van der Waals surface area contributed by atoms with E-state index in [0.29, 0.717) is 11.5 Å². The maximum absolute atomic E-state index is 12.5. The fraction of sp³-hybridized carbons (Fsp3) is 0.214. The van der Waals surface area contributed by atoms with E-state index in [1.54, 1.807) is 7.05 Å². The van der Waals surface area contributed by atoms with Gasteiger partial charge in [-0.25, -0.2) is 13.4 Å². The molecule has 112 valence electrons. The molecule has 2 aromatic rings. The minimum absolute atomic E-state index is 0.170. The Morgan fingerprint density at radius 1 is 1.14 bits per heavy atom. The molecule has 0 radical (unpaired) electrons. The number of halogens is 1. The number of aromatic nitrogens is 1. The number of aryl methyl sites for hydroxylation is 2. The van der Waals surface area contributed by atoms with Crippen LogP contribution in [0.5, 0.6) is 0 Å². The first-order chi connectivity index (χ1) is 9.83. The van der Waals surface area contributed by atoms with Crippen LogP contribution in [0.2, 0.25) is 0 Å². The second-order valence-corrected chi connectivity index (χ2v) is 7.24. The Bertz CT molecular complexity index is 753. The molecule has 7 heteroatoms. The topological polar surface area (TPSA) is 71.1 Å². The molecule has 0 unspecified atom stereocenters. The minimum Gasteiger partial charge on any atom is -0.373 e. The Morgan fingerprint density at radius 2 is 1.76 bits per heavy atom. The van der Waals surface area contributed by atoms with Crippen molar-refractivity contribution in [1.29, 1.82) is 0 Å². The highest BCUT2D eigenvalue weighted by Crippen LogP contribution is 2.27. The van der Waals surface area contributed by atoms with Gasteiger partial charge in [0, 0.05) is 23.8 Å². The Hall–Kier alpha value is -1.60. The number of benzene rings is 1. The number of anilines is 2. The maximum Gasteiger partial charge on any atom is 0.262 e. The molecule has 1 heterocycles. The maximum atomic E-state index is 12.5. The third-order valence-corrected chi connectivity index (χ3v) is 4.84. The van der Waals surface area contributed by atoms with Gasteiger partial charge < -0.3 is 5.32 Å². The molecule has 0 amide bonds. The third-order valence-electron chi connectivity index (χ3n) is 3.03. The van der Waals surface area contributed by atoms with Gasteiger partial charge in [-0.2, -0.15) is 0 Å². The normalized spacial score (nSPS) is 11.2. The summed E-state index contributed by atoms with van der Waals surface area (Å²) in [5.41, 5.74) is 2.31. The van der Waals surface area contributed by atoms with Crippen molar-refractivity contribution in [3.63, 3.8) is 0 Å². The van der Waals surface area contributed by atoms with E-state index >= 15 is 0 Å². The molecule has 0 saturated heterocycles. The average molecular weight is 370 g/mol. The molecular formula is C14H16BrN3O2S. The summed E-state index contributed by atoms with van der Waals surface area (Å²) >= 11 is 3.40. The van der Waals surface area contributed by atoms with Crippen molar-refractivity contribution in [2.45, 2.75) is 18.7 Å². The zero-order valence-electron chi connectivity index (χ0n) is 11.9. The lowest BCUT2D eigenvalue weighted by Gasteiger charge is -2.14. The van der Waals surface area contributed by atoms with Gasteiger partial charge in [0.15, 0.2) is 0 Å². The second-order valence-electron chi connectivity index (χ2n) is 4.65. The van der Waals surface area contributed by atoms with Crippen molar-refractivity contribution in [1.82, 2.24) is 4.98 Å². The standard InChI is InChI=1S/C14H16BrN3O2S/c1-9-6-11(15)7-10(2)14(9)18-21(19,20)12-4-5-17-13(8-12)16-3/h4-8,18H,1-3H3,(H,16,17). The zero-order chi connectivity index (χ0) is 15.6. The highest BCUT2D eigenvalue weighted by molar-refractivity contribution is 9.10. The van der Waals surface area contributed by atoms with Crippen LogP contribution >= 0.6 is 15.9 Å². The van der Waals surface area contributed by atoms with Crippen LogP contribution in [0.1, 0.15) is 11.1 Å². The summed E-state index contributed by atoms with van der Waals surface area (Å²) in [5, 5.41) is 2.82. The van der Waals surface area contributed by atoms with Crippen LogP contribution in [-0.2, 0) is 10.0 Å². The molecule has 1 aromatic carbocycles. The molecule has 0 bridgehead atoms. The van der Waals surface area contributed by atoms with Crippen LogP contribution < -0.4 is 10.0 Å². The van der Waals surface area contributed by atoms with Gasteiger partial charge in [-0.1, -0.05) is 15.9 Å². The summed E-state index contributed by atoms with van der Waals surface area (Å²) in [5.74, 6) is 0.502. The van der Waals surface area contributed by atoms with Gasteiger partial charge in [0.2, 0.25) is 0 Å². The van der Waals surface area contributed by atoms with Crippen molar-refractivity contribution in [2.24, 2.45) is 0 Å². The molecule has 0 spiro atoms. The lowest BCUT2D eigenvalue weighted by atomic mass is 10.1. The van der Waals surface area contributed by atoms with Gasteiger partial charge in [-0.3, -0.25) is 4.72 Å². The predicted octanol–water partition coefficient (Wildman–Crippen LogP) is 3.30. The minimum atomic E-state index is -3.65. The van der Waals surface area contributed by atoms with E-state index in [9.17, 15) is 8.42 Å². The number of sulfonamides is 1. The molecule has 0 aliphatic carbocycles. The van der Waals surface area contributed by atoms with Crippen LogP contribution in [0.4, 0.5) is 11.5 Å². The van der Waals surface area contributed by atoms with E-state index in [1.807, 2.05) is 26.0 Å². The van der Waals surface area contributed by atoms with Crippen LogP contribution in [0.25, 0.3) is 0 Å². The van der Waals surface area contributed by atoms with E-state index in [0.717, 1.165) is 15.6 Å². The van der Waals surface area contributed by atoms with E-state index in [-0.39, 0.29) is 4.90 Å². The Labute approximate surface area is 133 Å². The van der Waals surface area contributed by atoms with Crippen LogP contribution in [0.3, 0.4) is 0 Å². The smallest absolute Gasteiger partial charge is 0.262 e. The molecule has 0 aliphatic rings. The number of nitrogens with zero attached hydrogens (tertiary/aromatic N) is 1. The molecular weight excluding hydrogens is 354 g/mol. The zero-order valence-corrected chi connectivity index (χ0v) is 14.3. The largest absolute Gasteiger partial charge is 0.373 e. The predicted molar refractivity (Wildman–Crippen MR) is 88.2 cm³/mol. The molecule has 0 fully saturated rings. The Kier molecular flexibility index (Phi) is 4.53. The average Bonchev–Trinajstić information content (AvgIpc) is 2.43. The van der Waals surface area contributed by atoms with Gasteiger partial charge in [-0.05, 0) is 43.2 Å². The first-order valence-electron chi connectivity index (χ1n) is 6.27. The molecule has 0 saturated carbocycles. The SMILES string of the molecule is CNc1cc(S(=O)(=O)Nc2c(C)cc(Br)cc2C)ccn1. The lowest BCUT2D eigenvalue weighted by molar-refractivity contribution is 0.601. The molecule has 2 N–H and O–H groups in total. The van der Waals surface area contributed by atoms with Crippen LogP contribution in [0.15, 0.2) is 39.8 Å². The van der Waals surface area contributed by atoms with Gasteiger partial charge in [0.25, 0.3) is 10.0 Å². The number of hydrogen-bond acceptors (Lipinski definition) is 4. The van der Waals surface area contributed by atoms with Crippen molar-refractivity contribution >= 4 is 37.5 Å². The van der Waals surface area contributed by atoms with Crippen molar-refractivity contribution in [3.05, 3.63) is 46.1 Å². The van der Waals surface area contributed by atoms with Gasteiger partial charge >= 0.3 is 0 Å². The first-order valence-corrected chi connectivity index (χ1v) is 8.54. The van der Waals surface area contributed by atoms with Gasteiger partial charge in [0.1, 0.15) is 5.82 Å². The quantitative estimate of drug-likeness (QED) is 0.866. The van der Waals surface area contributed by atoms with Gasteiger partial charge in [0.05, 0.1) is 10.6 Å². The molecule has 5 nitrogen and oxygen atoms in total. The van der Waals surface area contributed by atoms with E-state index in [4.69, 9.17) is 0 Å². The third kappa shape index (κ3) is 3.54. The first kappa shape index (κ1) is 15.8. The molecule has 1 aromatic heterocycles. The number of hydrogen-bond donors (Lipinski definition) is 2. The number of nitrogens with one attached hydrogen (secondary N) is 2. The lowest BCUT2D eigenvalue weighted by Crippen LogP contribution is -2.15. The van der Waals surface area contributed by atoms with Crippen LogP contribution in [-0.4, -0.2) is 20.4 Å². The Balaban J connectivity index is 2.42. The van der Waals surface area contributed by atoms with Gasteiger partial charge in [-0.15, -0.1) is 0 Å². The summed E-state index contributed by atoms with van der Waals surface area (Å²) in [6.07, 6.45) is 1.46. The highest BCUT2D eigenvalue weighted by atomic mass is 79.9. The fourth-order valence-electron chi connectivity index (χ4n) is 1.98. The summed E-state index contributed by atoms with van der Waals surface area (Å²) in [6, 6.07) is 6.70. The number of rotatable bonds is 4. The summed E-state index contributed by atoms with van der Waals surface area (Å²) in [6.45, 7) is 3.72. The second kappa shape index (κ2) is 6.03. The summed E-state index contributed by atoms with van der Waals surface area (Å²) in [7, 11) is -1.96. The van der Waals surface area contributed by atoms with E-state index in [2.05, 4.69) is 31.0 Å². The molecule has 0 aliphatic heterocycles. The molecule has 21 heavy (non-hydrogen) atoms.